The van der Waals surface area contributed by atoms with Crippen LogP contribution in [0.3, 0.4) is 0 Å². The van der Waals surface area contributed by atoms with E-state index in [1.807, 2.05) is 0 Å². The van der Waals surface area contributed by atoms with Crippen molar-refractivity contribution in [3.05, 3.63) is 29.3 Å². The molecule has 0 saturated carbocycles. The van der Waals surface area contributed by atoms with Crippen molar-refractivity contribution in [2.45, 2.75) is 6.42 Å². The number of nitrogens with one attached hydrogen (secondary N) is 2. The lowest BCUT2D eigenvalue weighted by Gasteiger charge is -2.08. The Morgan fingerprint density at radius 3 is 2.65 bits per heavy atom. The van der Waals surface area contributed by atoms with Crippen LogP contribution in [0.4, 0.5) is 13.6 Å². The average molecular weight is 244 g/mol. The van der Waals surface area contributed by atoms with Crippen molar-refractivity contribution in [1.29, 1.82) is 0 Å². The van der Waals surface area contributed by atoms with E-state index in [1.54, 1.807) is 0 Å². The Morgan fingerprint density at radius 1 is 1.35 bits per heavy atom. The minimum absolute atomic E-state index is 0.134. The second kappa shape index (κ2) is 6.03. The number of halogens is 2. The summed E-state index contributed by atoms with van der Waals surface area (Å²) in [6.45, 7) is 0.225. The fourth-order valence-electron chi connectivity index (χ4n) is 1.32. The Bertz CT molecular complexity index is 411. The first kappa shape index (κ1) is 13.2. The maximum absolute atomic E-state index is 13.4. The van der Waals surface area contributed by atoms with Crippen molar-refractivity contribution in [3.63, 3.8) is 0 Å². The predicted molar refractivity (Wildman–Crippen MR) is 59.1 cm³/mol. The van der Waals surface area contributed by atoms with E-state index in [2.05, 4.69) is 15.4 Å². The quantitative estimate of drug-likeness (QED) is 0.842. The van der Waals surface area contributed by atoms with Gasteiger partial charge in [-0.25, -0.2) is 13.6 Å². The summed E-state index contributed by atoms with van der Waals surface area (Å²) >= 11 is 0. The van der Waals surface area contributed by atoms with Gasteiger partial charge >= 0.3 is 6.03 Å². The van der Waals surface area contributed by atoms with Crippen LogP contribution in [0.5, 0.6) is 5.75 Å². The molecular weight excluding hydrogens is 230 g/mol. The van der Waals surface area contributed by atoms with Crippen molar-refractivity contribution in [2.24, 2.45) is 0 Å². The Kier molecular flexibility index (Phi) is 4.68. The van der Waals surface area contributed by atoms with Gasteiger partial charge in [0, 0.05) is 19.7 Å². The van der Waals surface area contributed by atoms with Gasteiger partial charge in [-0.05, 0) is 18.1 Å². The number of ether oxygens (including phenoxy) is 1. The molecule has 1 aromatic carbocycles. The molecule has 94 valence electrons. The van der Waals surface area contributed by atoms with Gasteiger partial charge in [-0.2, -0.15) is 0 Å². The lowest BCUT2D eigenvalue weighted by Crippen LogP contribution is -2.34. The summed E-state index contributed by atoms with van der Waals surface area (Å²) in [5.74, 6) is -1.31. The summed E-state index contributed by atoms with van der Waals surface area (Å²) in [6.07, 6.45) is 0.208. The molecule has 17 heavy (non-hydrogen) atoms. The first-order chi connectivity index (χ1) is 8.08. The zero-order chi connectivity index (χ0) is 12.8. The number of rotatable bonds is 4. The highest BCUT2D eigenvalue weighted by Crippen LogP contribution is 2.21. The van der Waals surface area contributed by atoms with Gasteiger partial charge in [-0.1, -0.05) is 0 Å². The molecule has 0 saturated heterocycles. The molecule has 1 rings (SSSR count). The van der Waals surface area contributed by atoms with E-state index in [4.69, 9.17) is 0 Å². The fourth-order valence-corrected chi connectivity index (χ4v) is 1.32. The van der Waals surface area contributed by atoms with E-state index in [0.29, 0.717) is 0 Å². The standard InChI is InChI=1S/C11H14F2N2O2/c1-14-11(16)15-4-3-7-5-9(13)10(17-2)6-8(7)12/h5-6H,3-4H2,1-2H3,(H2,14,15,16). The predicted octanol–water partition coefficient (Wildman–Crippen LogP) is 1.44. The van der Waals surface area contributed by atoms with Crippen molar-refractivity contribution < 1.29 is 18.3 Å². The summed E-state index contributed by atoms with van der Waals surface area (Å²) in [7, 11) is 2.74. The molecule has 0 atom stereocenters. The van der Waals surface area contributed by atoms with Crippen LogP contribution in [0.2, 0.25) is 0 Å². The number of urea groups is 1. The SMILES string of the molecule is CNC(=O)NCCc1cc(F)c(OC)cc1F. The molecule has 0 spiro atoms. The van der Waals surface area contributed by atoms with Crippen LogP contribution in [0.15, 0.2) is 12.1 Å². The first-order valence-electron chi connectivity index (χ1n) is 5.06. The summed E-state index contributed by atoms with van der Waals surface area (Å²) in [6, 6.07) is 1.70. The molecule has 0 heterocycles. The lowest BCUT2D eigenvalue weighted by molar-refractivity contribution is 0.243. The number of carbonyl (C=O) groups excluding carboxylic acids is 1. The Hall–Kier alpha value is -1.85. The van der Waals surface area contributed by atoms with E-state index in [0.717, 1.165) is 12.1 Å². The van der Waals surface area contributed by atoms with E-state index >= 15 is 0 Å². The minimum Gasteiger partial charge on any atom is -0.494 e. The number of hydrogen-bond acceptors (Lipinski definition) is 2. The van der Waals surface area contributed by atoms with Crippen molar-refractivity contribution in [3.8, 4) is 5.75 Å². The number of methoxy groups -OCH3 is 1. The number of benzene rings is 1. The van der Waals surface area contributed by atoms with E-state index in [-0.39, 0.29) is 30.3 Å². The average Bonchev–Trinajstić information content (AvgIpc) is 2.32. The van der Waals surface area contributed by atoms with Crippen LogP contribution >= 0.6 is 0 Å². The smallest absolute Gasteiger partial charge is 0.314 e. The Labute approximate surface area is 98.0 Å². The highest BCUT2D eigenvalue weighted by atomic mass is 19.1. The van der Waals surface area contributed by atoms with Crippen molar-refractivity contribution >= 4 is 6.03 Å². The molecular formula is C11H14F2N2O2. The normalized spacial score (nSPS) is 9.88. The topological polar surface area (TPSA) is 50.4 Å². The van der Waals surface area contributed by atoms with E-state index in [9.17, 15) is 13.6 Å². The third-order valence-electron chi connectivity index (χ3n) is 2.23. The molecule has 0 radical (unpaired) electrons. The van der Waals surface area contributed by atoms with Crippen LogP contribution in [-0.4, -0.2) is 26.7 Å². The maximum atomic E-state index is 13.4. The molecule has 2 N–H and O–H groups in total. The second-order valence-corrected chi connectivity index (χ2v) is 3.33. The Morgan fingerprint density at radius 2 is 2.06 bits per heavy atom. The van der Waals surface area contributed by atoms with Gasteiger partial charge in [0.2, 0.25) is 0 Å². The molecule has 1 aromatic rings. The number of carbonyl (C=O) groups is 1. The summed E-state index contributed by atoms with van der Waals surface area (Å²) in [5.41, 5.74) is 0.194. The molecule has 0 aromatic heterocycles. The van der Waals surface area contributed by atoms with Gasteiger partial charge in [-0.3, -0.25) is 0 Å². The van der Waals surface area contributed by atoms with Gasteiger partial charge in [0.25, 0.3) is 0 Å². The molecule has 0 aliphatic heterocycles. The van der Waals surface area contributed by atoms with Gasteiger partial charge in [0.1, 0.15) is 5.82 Å². The largest absolute Gasteiger partial charge is 0.494 e. The van der Waals surface area contributed by atoms with Crippen LogP contribution in [0.1, 0.15) is 5.56 Å². The van der Waals surface area contributed by atoms with Gasteiger partial charge < -0.3 is 15.4 Å². The number of amides is 2. The molecule has 0 fully saturated rings. The van der Waals surface area contributed by atoms with Gasteiger partial charge in [0.05, 0.1) is 7.11 Å². The minimum atomic E-state index is -0.621. The summed E-state index contributed by atoms with van der Waals surface area (Å²) in [4.78, 5) is 10.8. The van der Waals surface area contributed by atoms with Crippen molar-refractivity contribution in [2.75, 3.05) is 20.7 Å². The maximum Gasteiger partial charge on any atom is 0.314 e. The molecule has 0 unspecified atom stereocenters. The molecule has 0 aliphatic rings. The lowest BCUT2D eigenvalue weighted by atomic mass is 10.1. The molecule has 0 bridgehead atoms. The highest BCUT2D eigenvalue weighted by Gasteiger charge is 2.10. The Balaban J connectivity index is 2.65. The second-order valence-electron chi connectivity index (χ2n) is 3.33. The van der Waals surface area contributed by atoms with E-state index < -0.39 is 11.6 Å². The van der Waals surface area contributed by atoms with Crippen LogP contribution in [0, 0.1) is 11.6 Å². The third kappa shape index (κ3) is 3.58. The molecule has 0 aliphatic carbocycles. The fraction of sp³-hybridized carbons (Fsp3) is 0.364. The van der Waals surface area contributed by atoms with Crippen LogP contribution < -0.4 is 15.4 Å². The van der Waals surface area contributed by atoms with Crippen LogP contribution in [-0.2, 0) is 6.42 Å². The van der Waals surface area contributed by atoms with Gasteiger partial charge in [0.15, 0.2) is 11.6 Å². The summed E-state index contributed by atoms with van der Waals surface area (Å²) in [5, 5.41) is 4.84. The van der Waals surface area contributed by atoms with Crippen molar-refractivity contribution in [1.82, 2.24) is 10.6 Å². The summed E-state index contributed by atoms with van der Waals surface area (Å²) < 4.78 is 31.4. The van der Waals surface area contributed by atoms with E-state index in [1.165, 1.54) is 14.2 Å². The zero-order valence-corrected chi connectivity index (χ0v) is 9.64. The zero-order valence-electron chi connectivity index (χ0n) is 9.64. The highest BCUT2D eigenvalue weighted by molar-refractivity contribution is 5.73. The first-order valence-corrected chi connectivity index (χ1v) is 5.06. The molecule has 4 nitrogen and oxygen atoms in total. The number of hydrogen-bond donors (Lipinski definition) is 2. The van der Waals surface area contributed by atoms with Gasteiger partial charge in [-0.15, -0.1) is 0 Å². The molecule has 6 heteroatoms. The molecule has 2 amide bonds. The third-order valence-corrected chi connectivity index (χ3v) is 2.23. The van der Waals surface area contributed by atoms with Crippen LogP contribution in [0.25, 0.3) is 0 Å². The monoisotopic (exact) mass is 244 g/mol.